The third-order valence-corrected chi connectivity index (χ3v) is 4.25. The second kappa shape index (κ2) is 6.34. The van der Waals surface area contributed by atoms with Gasteiger partial charge in [0.2, 0.25) is 0 Å². The highest BCUT2D eigenvalue weighted by Crippen LogP contribution is 2.29. The van der Waals surface area contributed by atoms with Crippen molar-refractivity contribution < 1.29 is 4.74 Å². The summed E-state index contributed by atoms with van der Waals surface area (Å²) in [4.78, 5) is 0. The zero-order valence-corrected chi connectivity index (χ0v) is 12.3. The van der Waals surface area contributed by atoms with Gasteiger partial charge in [-0.1, -0.05) is 19.9 Å². The molecule has 0 heterocycles. The molecule has 0 bridgehead atoms. The van der Waals surface area contributed by atoms with Gasteiger partial charge in [-0.2, -0.15) is 12.6 Å². The fourth-order valence-electron chi connectivity index (χ4n) is 1.98. The van der Waals surface area contributed by atoms with Crippen molar-refractivity contribution in [2.45, 2.75) is 40.5 Å². The van der Waals surface area contributed by atoms with Gasteiger partial charge in [0, 0.05) is 5.41 Å². The number of ether oxygens (including phenoxy) is 1. The number of benzene rings is 1. The highest BCUT2D eigenvalue weighted by atomic mass is 32.1. The molecule has 0 fully saturated rings. The van der Waals surface area contributed by atoms with Crippen LogP contribution in [0, 0.1) is 19.3 Å². The van der Waals surface area contributed by atoms with Gasteiger partial charge in [0.05, 0.1) is 6.61 Å². The highest BCUT2D eigenvalue weighted by molar-refractivity contribution is 7.80. The Morgan fingerprint density at radius 3 is 2.00 bits per heavy atom. The monoisotopic (exact) mass is 252 g/mol. The second-order valence-electron chi connectivity index (χ2n) is 4.98. The fourth-order valence-corrected chi connectivity index (χ4v) is 2.51. The van der Waals surface area contributed by atoms with Crippen LogP contribution in [0.3, 0.4) is 0 Å². The van der Waals surface area contributed by atoms with Gasteiger partial charge in [-0.3, -0.25) is 0 Å². The van der Waals surface area contributed by atoms with E-state index in [0.717, 1.165) is 31.0 Å². The standard InChI is InChI=1S/C15H24OS/c1-5-15(6-2,11-17)10-16-14-8-12(3)7-13(4)9-14/h7-9,17H,5-6,10-11H2,1-4H3. The van der Waals surface area contributed by atoms with Crippen molar-refractivity contribution in [3.8, 4) is 5.75 Å². The number of hydrogen-bond acceptors (Lipinski definition) is 2. The van der Waals surface area contributed by atoms with Crippen molar-refractivity contribution in [2.24, 2.45) is 5.41 Å². The Morgan fingerprint density at radius 2 is 1.59 bits per heavy atom. The maximum atomic E-state index is 5.96. The van der Waals surface area contributed by atoms with Gasteiger partial charge in [-0.15, -0.1) is 0 Å². The summed E-state index contributed by atoms with van der Waals surface area (Å²) < 4.78 is 5.96. The summed E-state index contributed by atoms with van der Waals surface area (Å²) in [6.07, 6.45) is 2.22. The van der Waals surface area contributed by atoms with Crippen LogP contribution in [0.1, 0.15) is 37.8 Å². The minimum atomic E-state index is 0.209. The van der Waals surface area contributed by atoms with Crippen molar-refractivity contribution in [1.29, 1.82) is 0 Å². The van der Waals surface area contributed by atoms with Crippen LogP contribution in [0.5, 0.6) is 5.75 Å². The van der Waals surface area contributed by atoms with Gasteiger partial charge in [0.1, 0.15) is 5.75 Å². The van der Waals surface area contributed by atoms with E-state index in [1.54, 1.807) is 0 Å². The number of aryl methyl sites for hydroxylation is 2. The van der Waals surface area contributed by atoms with Gasteiger partial charge in [0.25, 0.3) is 0 Å². The van der Waals surface area contributed by atoms with E-state index in [9.17, 15) is 0 Å². The summed E-state index contributed by atoms with van der Waals surface area (Å²) in [5.41, 5.74) is 2.72. The fraction of sp³-hybridized carbons (Fsp3) is 0.600. The highest BCUT2D eigenvalue weighted by Gasteiger charge is 2.25. The molecule has 0 saturated carbocycles. The first-order valence-electron chi connectivity index (χ1n) is 6.37. The minimum Gasteiger partial charge on any atom is -0.493 e. The van der Waals surface area contributed by atoms with E-state index >= 15 is 0 Å². The van der Waals surface area contributed by atoms with Crippen LogP contribution in [-0.4, -0.2) is 12.4 Å². The molecule has 0 aromatic heterocycles. The van der Waals surface area contributed by atoms with Crippen LogP contribution in [0.2, 0.25) is 0 Å². The molecule has 0 radical (unpaired) electrons. The molecular formula is C15H24OS. The van der Waals surface area contributed by atoms with Gasteiger partial charge >= 0.3 is 0 Å². The van der Waals surface area contributed by atoms with Crippen LogP contribution in [0.15, 0.2) is 18.2 Å². The Balaban J connectivity index is 2.71. The van der Waals surface area contributed by atoms with Crippen LogP contribution in [0.25, 0.3) is 0 Å². The summed E-state index contributed by atoms with van der Waals surface area (Å²) in [5, 5.41) is 0. The lowest BCUT2D eigenvalue weighted by Gasteiger charge is -2.29. The van der Waals surface area contributed by atoms with Crippen LogP contribution < -0.4 is 4.74 Å². The van der Waals surface area contributed by atoms with Crippen molar-refractivity contribution in [3.05, 3.63) is 29.3 Å². The van der Waals surface area contributed by atoms with E-state index in [4.69, 9.17) is 4.74 Å². The van der Waals surface area contributed by atoms with Gasteiger partial charge in [0.15, 0.2) is 0 Å². The molecule has 0 N–H and O–H groups in total. The molecule has 96 valence electrons. The van der Waals surface area contributed by atoms with Crippen LogP contribution in [-0.2, 0) is 0 Å². The predicted octanol–water partition coefficient (Wildman–Crippen LogP) is 4.42. The Labute approximate surface area is 111 Å². The molecule has 1 rings (SSSR count). The Bertz CT molecular complexity index is 327. The van der Waals surface area contributed by atoms with E-state index in [2.05, 4.69) is 58.5 Å². The molecule has 1 aromatic carbocycles. The van der Waals surface area contributed by atoms with E-state index in [1.165, 1.54) is 11.1 Å². The molecular weight excluding hydrogens is 228 g/mol. The minimum absolute atomic E-state index is 0.209. The molecule has 0 amide bonds. The summed E-state index contributed by atoms with van der Waals surface area (Å²) in [6.45, 7) is 9.39. The predicted molar refractivity (Wildman–Crippen MR) is 78.3 cm³/mol. The number of thiol groups is 1. The van der Waals surface area contributed by atoms with E-state index in [0.29, 0.717) is 0 Å². The first-order chi connectivity index (χ1) is 8.05. The summed E-state index contributed by atoms with van der Waals surface area (Å²) in [7, 11) is 0. The molecule has 0 aliphatic rings. The molecule has 0 aliphatic carbocycles. The summed E-state index contributed by atoms with van der Waals surface area (Å²) >= 11 is 4.47. The van der Waals surface area contributed by atoms with Crippen molar-refractivity contribution in [2.75, 3.05) is 12.4 Å². The molecule has 0 spiro atoms. The third-order valence-electron chi connectivity index (χ3n) is 3.58. The molecule has 1 nitrogen and oxygen atoms in total. The zero-order valence-electron chi connectivity index (χ0n) is 11.4. The topological polar surface area (TPSA) is 9.23 Å². The summed E-state index contributed by atoms with van der Waals surface area (Å²) in [6, 6.07) is 6.36. The lowest BCUT2D eigenvalue weighted by Crippen LogP contribution is -2.29. The normalized spacial score (nSPS) is 11.6. The first-order valence-corrected chi connectivity index (χ1v) is 7.00. The summed E-state index contributed by atoms with van der Waals surface area (Å²) in [5.74, 6) is 1.86. The number of hydrogen-bond donors (Lipinski definition) is 1. The molecule has 17 heavy (non-hydrogen) atoms. The lowest BCUT2D eigenvalue weighted by molar-refractivity contribution is 0.157. The van der Waals surface area contributed by atoms with Gasteiger partial charge in [-0.05, 0) is 55.7 Å². The average molecular weight is 252 g/mol. The molecule has 0 saturated heterocycles. The Hall–Kier alpha value is -0.630. The Kier molecular flexibility index (Phi) is 5.38. The van der Waals surface area contributed by atoms with Crippen molar-refractivity contribution >= 4 is 12.6 Å². The largest absolute Gasteiger partial charge is 0.493 e. The maximum absolute atomic E-state index is 5.96. The molecule has 0 aliphatic heterocycles. The van der Waals surface area contributed by atoms with E-state index in [1.807, 2.05) is 0 Å². The molecule has 0 unspecified atom stereocenters. The first kappa shape index (κ1) is 14.4. The SMILES string of the molecule is CCC(CC)(CS)COc1cc(C)cc(C)c1. The molecule has 0 atom stereocenters. The quantitative estimate of drug-likeness (QED) is 0.737. The Morgan fingerprint density at radius 1 is 1.06 bits per heavy atom. The van der Waals surface area contributed by atoms with E-state index in [-0.39, 0.29) is 5.41 Å². The second-order valence-corrected chi connectivity index (χ2v) is 5.29. The molecule has 2 heteroatoms. The lowest BCUT2D eigenvalue weighted by atomic mass is 9.85. The van der Waals surface area contributed by atoms with E-state index < -0.39 is 0 Å². The molecule has 1 aromatic rings. The smallest absolute Gasteiger partial charge is 0.119 e. The van der Waals surface area contributed by atoms with Crippen molar-refractivity contribution in [1.82, 2.24) is 0 Å². The van der Waals surface area contributed by atoms with Crippen LogP contribution >= 0.6 is 12.6 Å². The zero-order chi connectivity index (χ0) is 12.9. The average Bonchev–Trinajstić information content (AvgIpc) is 2.30. The maximum Gasteiger partial charge on any atom is 0.119 e. The van der Waals surface area contributed by atoms with Crippen molar-refractivity contribution in [3.63, 3.8) is 0 Å². The van der Waals surface area contributed by atoms with Gasteiger partial charge < -0.3 is 4.74 Å². The number of rotatable bonds is 6. The van der Waals surface area contributed by atoms with Gasteiger partial charge in [-0.25, -0.2) is 0 Å². The van der Waals surface area contributed by atoms with Crippen LogP contribution in [0.4, 0.5) is 0 Å². The third kappa shape index (κ3) is 3.95.